The molecule has 1 saturated carbocycles. The van der Waals surface area contributed by atoms with Crippen LogP contribution in [0.4, 0.5) is 0 Å². The largest absolute Gasteiger partial charge is 0.391 e. The van der Waals surface area contributed by atoms with Gasteiger partial charge in [0.05, 0.1) is 23.8 Å². The molecule has 1 aliphatic carbocycles. The van der Waals surface area contributed by atoms with E-state index in [1.807, 2.05) is 30.5 Å². The van der Waals surface area contributed by atoms with Crippen LogP contribution in [0.25, 0.3) is 10.9 Å². The first-order chi connectivity index (χ1) is 8.29. The lowest BCUT2D eigenvalue weighted by molar-refractivity contribution is 0.138. The second kappa shape index (κ2) is 3.90. The van der Waals surface area contributed by atoms with Gasteiger partial charge in [0, 0.05) is 17.1 Å². The summed E-state index contributed by atoms with van der Waals surface area (Å²) in [7, 11) is 0. The van der Waals surface area contributed by atoms with E-state index in [0.29, 0.717) is 5.56 Å². The van der Waals surface area contributed by atoms with E-state index in [2.05, 4.69) is 10.6 Å². The topological polar surface area (TPSA) is 49.0 Å². The average molecular weight is 226 g/mol. The Morgan fingerprint density at radius 2 is 2.18 bits per heavy atom. The maximum atomic E-state index is 9.95. The first kappa shape index (κ1) is 10.4. The molecule has 1 aliphatic rings. The van der Waals surface area contributed by atoms with Crippen LogP contribution in [0.3, 0.4) is 0 Å². The summed E-state index contributed by atoms with van der Waals surface area (Å²) in [4.78, 5) is 0. The summed E-state index contributed by atoms with van der Waals surface area (Å²) in [6.45, 7) is 0. The highest BCUT2D eigenvalue weighted by Gasteiger charge is 2.27. The van der Waals surface area contributed by atoms with Crippen molar-refractivity contribution in [1.82, 2.24) is 4.57 Å². The van der Waals surface area contributed by atoms with E-state index >= 15 is 0 Å². The number of aromatic nitrogens is 1. The molecule has 1 aromatic carbocycles. The maximum Gasteiger partial charge on any atom is 0.0991 e. The van der Waals surface area contributed by atoms with Crippen LogP contribution < -0.4 is 0 Å². The second-order valence-electron chi connectivity index (χ2n) is 4.67. The quantitative estimate of drug-likeness (QED) is 0.812. The summed E-state index contributed by atoms with van der Waals surface area (Å²) in [5, 5.41) is 19.9. The highest BCUT2D eigenvalue weighted by atomic mass is 16.3. The third-order valence-corrected chi connectivity index (χ3v) is 3.65. The van der Waals surface area contributed by atoms with Gasteiger partial charge in [0.2, 0.25) is 0 Å². The van der Waals surface area contributed by atoms with Crippen molar-refractivity contribution in [2.24, 2.45) is 0 Å². The monoisotopic (exact) mass is 226 g/mol. The van der Waals surface area contributed by atoms with E-state index in [0.717, 1.165) is 30.2 Å². The van der Waals surface area contributed by atoms with Crippen LogP contribution in [0, 0.1) is 11.3 Å². The number of fused-ring (bicyclic) bond motifs is 1. The molecule has 1 aromatic heterocycles. The molecule has 0 aliphatic heterocycles. The van der Waals surface area contributed by atoms with Gasteiger partial charge in [0.25, 0.3) is 0 Å². The lowest BCUT2D eigenvalue weighted by atomic mass is 10.1. The van der Waals surface area contributed by atoms with Crippen molar-refractivity contribution in [1.29, 1.82) is 5.26 Å². The third-order valence-electron chi connectivity index (χ3n) is 3.65. The summed E-state index contributed by atoms with van der Waals surface area (Å²) in [5.41, 5.74) is 1.79. The van der Waals surface area contributed by atoms with Crippen LogP contribution in [-0.2, 0) is 0 Å². The molecule has 3 heteroatoms. The van der Waals surface area contributed by atoms with Crippen LogP contribution in [-0.4, -0.2) is 15.8 Å². The van der Waals surface area contributed by atoms with Crippen molar-refractivity contribution in [3.63, 3.8) is 0 Å². The van der Waals surface area contributed by atoms with E-state index in [4.69, 9.17) is 5.26 Å². The third kappa shape index (κ3) is 1.62. The normalized spacial score (nSPS) is 24.0. The molecule has 0 spiro atoms. The number of nitrogens with zero attached hydrogens (tertiary/aromatic N) is 2. The molecule has 0 saturated heterocycles. The Balaban J connectivity index is 2.09. The molecule has 1 heterocycles. The molecule has 0 bridgehead atoms. The highest BCUT2D eigenvalue weighted by Crippen LogP contribution is 2.33. The van der Waals surface area contributed by atoms with Crippen molar-refractivity contribution in [2.75, 3.05) is 0 Å². The Morgan fingerprint density at radius 1 is 1.29 bits per heavy atom. The fourth-order valence-electron chi connectivity index (χ4n) is 2.77. The van der Waals surface area contributed by atoms with Gasteiger partial charge in [0.15, 0.2) is 0 Å². The van der Waals surface area contributed by atoms with Gasteiger partial charge in [-0.3, -0.25) is 0 Å². The Labute approximate surface area is 99.9 Å². The minimum atomic E-state index is -0.235. The van der Waals surface area contributed by atoms with Gasteiger partial charge < -0.3 is 9.67 Å². The smallest absolute Gasteiger partial charge is 0.0991 e. The number of hydrogen-bond acceptors (Lipinski definition) is 2. The first-order valence-electron chi connectivity index (χ1n) is 5.98. The molecule has 3 rings (SSSR count). The van der Waals surface area contributed by atoms with Crippen LogP contribution in [0.1, 0.15) is 30.9 Å². The van der Waals surface area contributed by atoms with Crippen LogP contribution in [0.5, 0.6) is 0 Å². The minimum absolute atomic E-state index is 0.195. The van der Waals surface area contributed by atoms with E-state index < -0.39 is 0 Å². The maximum absolute atomic E-state index is 9.95. The number of nitriles is 1. The van der Waals surface area contributed by atoms with Gasteiger partial charge in [-0.15, -0.1) is 0 Å². The molecule has 0 amide bonds. The van der Waals surface area contributed by atoms with Crippen LogP contribution >= 0.6 is 0 Å². The number of aliphatic hydroxyl groups excluding tert-OH is 1. The molecule has 86 valence electrons. The standard InChI is InChI=1S/C14H14N2O/c15-9-10-4-5-12-11(8-10)6-7-16(12)13-2-1-3-14(13)17/h4-8,13-14,17H,1-3H2. The first-order valence-corrected chi connectivity index (χ1v) is 5.98. The fourth-order valence-corrected chi connectivity index (χ4v) is 2.77. The average Bonchev–Trinajstić information content (AvgIpc) is 2.94. The predicted molar refractivity (Wildman–Crippen MR) is 65.5 cm³/mol. The molecule has 0 radical (unpaired) electrons. The van der Waals surface area contributed by atoms with Crippen LogP contribution in [0.15, 0.2) is 30.5 Å². The fraction of sp³-hybridized carbons (Fsp3) is 0.357. The van der Waals surface area contributed by atoms with E-state index in [1.54, 1.807) is 0 Å². The molecule has 1 fully saturated rings. The predicted octanol–water partition coefficient (Wildman–Crippen LogP) is 2.60. The Hall–Kier alpha value is -1.79. The zero-order chi connectivity index (χ0) is 11.8. The minimum Gasteiger partial charge on any atom is -0.391 e. The second-order valence-corrected chi connectivity index (χ2v) is 4.67. The summed E-state index contributed by atoms with van der Waals surface area (Å²) in [6.07, 6.45) is 4.79. The van der Waals surface area contributed by atoms with Gasteiger partial charge in [-0.2, -0.15) is 5.26 Å². The molecular weight excluding hydrogens is 212 g/mol. The molecule has 2 unspecified atom stereocenters. The zero-order valence-corrected chi connectivity index (χ0v) is 9.50. The number of benzene rings is 1. The van der Waals surface area contributed by atoms with Crippen LogP contribution in [0.2, 0.25) is 0 Å². The number of hydrogen-bond donors (Lipinski definition) is 1. The summed E-state index contributed by atoms with van der Waals surface area (Å²) < 4.78 is 2.15. The number of rotatable bonds is 1. The van der Waals surface area contributed by atoms with E-state index in [1.165, 1.54) is 0 Å². The molecule has 2 aromatic rings. The van der Waals surface area contributed by atoms with E-state index in [9.17, 15) is 5.11 Å². The van der Waals surface area contributed by atoms with Crippen molar-refractivity contribution in [3.05, 3.63) is 36.0 Å². The van der Waals surface area contributed by atoms with Gasteiger partial charge in [-0.05, 0) is 43.5 Å². The van der Waals surface area contributed by atoms with Gasteiger partial charge >= 0.3 is 0 Å². The van der Waals surface area contributed by atoms with Gasteiger partial charge in [-0.25, -0.2) is 0 Å². The SMILES string of the molecule is N#Cc1ccc2c(ccn2C2CCCC2O)c1. The Kier molecular flexibility index (Phi) is 2.38. The molecule has 1 N–H and O–H groups in total. The lowest BCUT2D eigenvalue weighted by Gasteiger charge is -2.17. The number of aliphatic hydroxyl groups is 1. The summed E-state index contributed by atoms with van der Waals surface area (Å²) in [5.74, 6) is 0. The zero-order valence-electron chi connectivity index (χ0n) is 9.50. The lowest BCUT2D eigenvalue weighted by Crippen LogP contribution is -2.17. The Bertz CT molecular complexity index is 594. The molecule has 17 heavy (non-hydrogen) atoms. The Morgan fingerprint density at radius 3 is 2.88 bits per heavy atom. The summed E-state index contributed by atoms with van der Waals surface area (Å²) in [6, 6.07) is 10.1. The van der Waals surface area contributed by atoms with Crippen molar-refractivity contribution < 1.29 is 5.11 Å². The summed E-state index contributed by atoms with van der Waals surface area (Å²) >= 11 is 0. The van der Waals surface area contributed by atoms with E-state index in [-0.39, 0.29) is 12.1 Å². The highest BCUT2D eigenvalue weighted by molar-refractivity contribution is 5.81. The molecule has 3 nitrogen and oxygen atoms in total. The van der Waals surface area contributed by atoms with Gasteiger partial charge in [0.1, 0.15) is 0 Å². The van der Waals surface area contributed by atoms with Gasteiger partial charge in [-0.1, -0.05) is 0 Å². The van der Waals surface area contributed by atoms with Crippen molar-refractivity contribution in [2.45, 2.75) is 31.4 Å². The molecule has 2 atom stereocenters. The van der Waals surface area contributed by atoms with Crippen molar-refractivity contribution >= 4 is 10.9 Å². The van der Waals surface area contributed by atoms with Crippen molar-refractivity contribution in [3.8, 4) is 6.07 Å². The molecular formula is C14H14N2O.